The Morgan fingerprint density at radius 2 is 0.537 bits per heavy atom. The van der Waals surface area contributed by atoms with Crippen LogP contribution in [-0.4, -0.2) is 160 Å². The molecule has 0 bridgehead atoms. The van der Waals surface area contributed by atoms with E-state index in [1.165, 1.54) is 0 Å². The van der Waals surface area contributed by atoms with E-state index in [4.69, 9.17) is 63.0 Å². The summed E-state index contributed by atoms with van der Waals surface area (Å²) in [7, 11) is -1.45. The molecule has 0 atom stereocenters. The fourth-order valence-electron chi connectivity index (χ4n) is 2.74. The van der Waals surface area contributed by atoms with Crippen molar-refractivity contribution in [2.45, 2.75) is 19.6 Å². The van der Waals surface area contributed by atoms with E-state index >= 15 is 0 Å². The Hall–Kier alpha value is -0.703. The van der Waals surface area contributed by atoms with Crippen LogP contribution < -0.4 is 0 Å². The molecule has 0 spiro atoms. The Kier molecular flexibility index (Phi) is 33.2. The molecule has 0 aliphatic heterocycles. The van der Waals surface area contributed by atoms with E-state index in [0.717, 1.165) is 0 Å². The molecule has 0 aromatic rings. The van der Waals surface area contributed by atoms with Gasteiger partial charge in [-0.1, -0.05) is 5.92 Å². The van der Waals surface area contributed by atoms with Crippen molar-refractivity contribution < 1.29 is 56.5 Å². The van der Waals surface area contributed by atoms with Gasteiger partial charge in [-0.25, -0.2) is 0 Å². The van der Waals surface area contributed by atoms with Crippen LogP contribution in [0.5, 0.6) is 0 Å². The first-order chi connectivity index (χ1) is 20.1. The van der Waals surface area contributed by atoms with Gasteiger partial charge in [0.2, 0.25) is 0 Å². The molecule has 41 heavy (non-hydrogen) atoms. The summed E-state index contributed by atoms with van der Waals surface area (Å²) in [6.45, 7) is 18.4. The van der Waals surface area contributed by atoms with Crippen LogP contribution in [0.25, 0.3) is 0 Å². The molecule has 0 aliphatic carbocycles. The van der Waals surface area contributed by atoms with Gasteiger partial charge in [0.1, 0.15) is 6.61 Å². The maximum absolute atomic E-state index is 5.71. The fourth-order valence-corrected chi connectivity index (χ4v) is 3.43. The van der Waals surface area contributed by atoms with E-state index in [2.05, 4.69) is 25.6 Å². The van der Waals surface area contributed by atoms with E-state index < -0.39 is 8.32 Å². The van der Waals surface area contributed by atoms with Crippen LogP contribution in [0.15, 0.2) is 0 Å². The third-order valence-corrected chi connectivity index (χ3v) is 5.74. The lowest BCUT2D eigenvalue weighted by Gasteiger charge is -2.16. The van der Waals surface area contributed by atoms with Crippen LogP contribution in [0.4, 0.5) is 0 Å². The number of rotatable bonds is 35. The minimum atomic E-state index is -1.45. The first kappa shape index (κ1) is 40.3. The molecule has 0 aliphatic rings. The molecule has 13 heteroatoms. The Morgan fingerprint density at radius 3 is 0.732 bits per heavy atom. The molecule has 0 heterocycles. The van der Waals surface area contributed by atoms with E-state index in [1.807, 2.05) is 0 Å². The standard InChI is InChI=1S/C28H56O12Si/c1-5-6-29-7-8-30-9-10-31-11-12-32-13-14-33-15-16-34-17-18-35-19-20-36-21-22-37-23-24-38-25-26-39-27-28-40-41(2,3)4/h1H,6-28H2,2-4H3. The zero-order valence-electron chi connectivity index (χ0n) is 25.7. The lowest BCUT2D eigenvalue weighted by Crippen LogP contribution is -2.27. The maximum Gasteiger partial charge on any atom is 0.183 e. The van der Waals surface area contributed by atoms with Crippen molar-refractivity contribution in [1.29, 1.82) is 0 Å². The van der Waals surface area contributed by atoms with Crippen molar-refractivity contribution in [3.8, 4) is 12.3 Å². The molecule has 244 valence electrons. The molecule has 0 aromatic heterocycles. The van der Waals surface area contributed by atoms with Crippen molar-refractivity contribution in [1.82, 2.24) is 0 Å². The Morgan fingerprint density at radius 1 is 0.341 bits per heavy atom. The van der Waals surface area contributed by atoms with Gasteiger partial charge in [-0.05, 0) is 19.6 Å². The first-order valence-electron chi connectivity index (χ1n) is 14.5. The summed E-state index contributed by atoms with van der Waals surface area (Å²) in [5.74, 6) is 2.40. The van der Waals surface area contributed by atoms with Crippen molar-refractivity contribution >= 4 is 8.32 Å². The van der Waals surface area contributed by atoms with E-state index in [9.17, 15) is 0 Å². The van der Waals surface area contributed by atoms with E-state index in [0.29, 0.717) is 152 Å². The zero-order chi connectivity index (χ0) is 30.0. The van der Waals surface area contributed by atoms with Gasteiger partial charge in [-0.2, -0.15) is 0 Å². The van der Waals surface area contributed by atoms with Crippen LogP contribution >= 0.6 is 0 Å². The second kappa shape index (κ2) is 33.8. The third kappa shape index (κ3) is 39.3. The lowest BCUT2D eigenvalue weighted by molar-refractivity contribution is -0.0275. The maximum atomic E-state index is 5.71. The predicted molar refractivity (Wildman–Crippen MR) is 157 cm³/mol. The van der Waals surface area contributed by atoms with Crippen molar-refractivity contribution in [2.24, 2.45) is 0 Å². The smallest absolute Gasteiger partial charge is 0.183 e. The molecule has 0 radical (unpaired) electrons. The molecular weight excluding hydrogens is 556 g/mol. The van der Waals surface area contributed by atoms with Gasteiger partial charge in [-0.15, -0.1) is 6.42 Å². The van der Waals surface area contributed by atoms with Gasteiger partial charge >= 0.3 is 0 Å². The van der Waals surface area contributed by atoms with Crippen molar-refractivity contribution in [2.75, 3.05) is 152 Å². The number of ether oxygens (including phenoxy) is 11. The second-order valence-electron chi connectivity index (χ2n) is 9.34. The van der Waals surface area contributed by atoms with Crippen LogP contribution in [0.1, 0.15) is 0 Å². The monoisotopic (exact) mass is 612 g/mol. The molecular formula is C28H56O12Si. The summed E-state index contributed by atoms with van der Waals surface area (Å²) in [6, 6.07) is 0. The first-order valence-corrected chi connectivity index (χ1v) is 17.9. The molecule has 0 saturated heterocycles. The SMILES string of the molecule is C#CCOCCOCCOCCOCCOCCOCCOCCOCCOCCOCCOCCO[Si](C)(C)C. The highest BCUT2D eigenvalue weighted by molar-refractivity contribution is 6.69. The molecule has 0 fully saturated rings. The van der Waals surface area contributed by atoms with E-state index in [1.54, 1.807) is 0 Å². The minimum absolute atomic E-state index is 0.309. The second-order valence-corrected chi connectivity index (χ2v) is 13.9. The zero-order valence-corrected chi connectivity index (χ0v) is 26.7. The van der Waals surface area contributed by atoms with Crippen molar-refractivity contribution in [3.05, 3.63) is 0 Å². The topological polar surface area (TPSA) is 111 Å². The lowest BCUT2D eigenvalue weighted by atomic mass is 10.6. The van der Waals surface area contributed by atoms with Gasteiger partial charge in [0.05, 0.1) is 145 Å². The highest BCUT2D eigenvalue weighted by atomic mass is 28.4. The van der Waals surface area contributed by atoms with Crippen LogP contribution in [-0.2, 0) is 56.5 Å². The van der Waals surface area contributed by atoms with Gasteiger partial charge in [-0.3, -0.25) is 0 Å². The predicted octanol–water partition coefficient (Wildman–Crippen LogP) is 1.65. The normalized spacial score (nSPS) is 11.8. The van der Waals surface area contributed by atoms with Gasteiger partial charge < -0.3 is 56.5 Å². The summed E-state index contributed by atoms with van der Waals surface area (Å²) < 4.78 is 65.2. The Bertz CT molecular complexity index is 545. The van der Waals surface area contributed by atoms with E-state index in [-0.39, 0.29) is 0 Å². The molecule has 0 rings (SSSR count). The summed E-state index contributed by atoms with van der Waals surface area (Å²) in [5.41, 5.74) is 0. The summed E-state index contributed by atoms with van der Waals surface area (Å²) >= 11 is 0. The van der Waals surface area contributed by atoms with Gasteiger partial charge in [0, 0.05) is 0 Å². The summed E-state index contributed by atoms with van der Waals surface area (Å²) in [6.07, 6.45) is 5.08. The molecule has 0 saturated carbocycles. The molecule has 0 unspecified atom stereocenters. The number of hydrogen-bond acceptors (Lipinski definition) is 12. The molecule has 0 amide bonds. The van der Waals surface area contributed by atoms with Crippen LogP contribution in [0, 0.1) is 12.3 Å². The highest BCUT2D eigenvalue weighted by Gasteiger charge is 2.13. The molecule has 0 aromatic carbocycles. The third-order valence-electron chi connectivity index (χ3n) is 4.67. The fraction of sp³-hybridized carbons (Fsp3) is 0.929. The average Bonchev–Trinajstić information content (AvgIpc) is 2.94. The van der Waals surface area contributed by atoms with Gasteiger partial charge in [0.15, 0.2) is 8.32 Å². The molecule has 0 N–H and O–H groups in total. The average molecular weight is 613 g/mol. The Labute approximate surface area is 248 Å². The minimum Gasteiger partial charge on any atom is -0.415 e. The molecule has 12 nitrogen and oxygen atoms in total. The Balaban J connectivity index is 3.05. The van der Waals surface area contributed by atoms with Crippen LogP contribution in [0.2, 0.25) is 19.6 Å². The quantitative estimate of drug-likeness (QED) is 0.0590. The highest BCUT2D eigenvalue weighted by Crippen LogP contribution is 2.01. The van der Waals surface area contributed by atoms with Gasteiger partial charge in [0.25, 0.3) is 0 Å². The van der Waals surface area contributed by atoms with Crippen molar-refractivity contribution in [3.63, 3.8) is 0 Å². The number of terminal acetylenes is 1. The summed E-state index contributed by atoms with van der Waals surface area (Å²) in [4.78, 5) is 0. The number of hydrogen-bond donors (Lipinski definition) is 0. The summed E-state index contributed by atoms with van der Waals surface area (Å²) in [5, 5.41) is 0. The van der Waals surface area contributed by atoms with Crippen LogP contribution in [0.3, 0.4) is 0 Å². The largest absolute Gasteiger partial charge is 0.415 e.